The van der Waals surface area contributed by atoms with Gasteiger partial charge in [0, 0.05) is 29.1 Å². The molecule has 0 spiro atoms. The van der Waals surface area contributed by atoms with Crippen LogP contribution in [0.1, 0.15) is 28.8 Å². The number of nitrogens with one attached hydrogen (secondary N) is 1. The topological polar surface area (TPSA) is 109 Å². The Morgan fingerprint density at radius 1 is 1.15 bits per heavy atom. The van der Waals surface area contributed by atoms with Crippen molar-refractivity contribution in [2.45, 2.75) is 25.8 Å². The quantitative estimate of drug-likeness (QED) is 0.294. The summed E-state index contributed by atoms with van der Waals surface area (Å²) < 4.78 is 21.1. The van der Waals surface area contributed by atoms with Crippen molar-refractivity contribution in [1.29, 1.82) is 0 Å². The summed E-state index contributed by atoms with van der Waals surface area (Å²) >= 11 is 0. The standard InChI is InChI=1S/C29H25FN4O2.CH2O2/c1-18-6-4-7-19-13-15-32-28(26(18)19)34(21-8-5-14-31-17-21)29(35)22-12-11-20(16-24(22)30)27-23-9-2-3-10-25(23)33-36-27;2-1-3/h2-4,6-7,9-13,15-16,21,31H,5,8,14,17H2,1H3;1H,(H,2,3)/t21-;/m1./s1. The number of carbonyl (C=O) groups is 2. The minimum Gasteiger partial charge on any atom is -0.483 e. The van der Waals surface area contributed by atoms with Gasteiger partial charge in [0.05, 0.1) is 11.6 Å². The number of pyridine rings is 1. The van der Waals surface area contributed by atoms with Gasteiger partial charge in [-0.1, -0.05) is 41.6 Å². The first-order valence-corrected chi connectivity index (χ1v) is 12.6. The molecule has 0 aliphatic carbocycles. The highest BCUT2D eigenvalue weighted by atomic mass is 19.1. The number of aryl methyl sites for hydroxylation is 1. The molecule has 3 heterocycles. The third kappa shape index (κ3) is 5.08. The molecule has 1 fully saturated rings. The molecule has 2 aromatic heterocycles. The number of halogens is 1. The van der Waals surface area contributed by atoms with Crippen LogP contribution in [0, 0.1) is 12.7 Å². The molecule has 3 aromatic carbocycles. The zero-order valence-corrected chi connectivity index (χ0v) is 21.3. The summed E-state index contributed by atoms with van der Waals surface area (Å²) in [6.45, 7) is 3.28. The Hall–Kier alpha value is -4.63. The van der Waals surface area contributed by atoms with Crippen molar-refractivity contribution in [1.82, 2.24) is 15.5 Å². The smallest absolute Gasteiger partial charge is 0.290 e. The number of piperidine rings is 1. The van der Waals surface area contributed by atoms with E-state index in [0.29, 0.717) is 29.2 Å². The Morgan fingerprint density at radius 3 is 2.74 bits per heavy atom. The van der Waals surface area contributed by atoms with E-state index in [0.717, 1.165) is 41.1 Å². The van der Waals surface area contributed by atoms with Crippen molar-refractivity contribution in [2.75, 3.05) is 18.0 Å². The van der Waals surface area contributed by atoms with Crippen LogP contribution in [0.2, 0.25) is 0 Å². The fraction of sp³-hybridized carbons (Fsp3) is 0.200. The highest BCUT2D eigenvalue weighted by Gasteiger charge is 2.32. The molecule has 1 aliphatic heterocycles. The molecular formula is C30H27FN4O4. The fourth-order valence-corrected chi connectivity index (χ4v) is 5.12. The minimum atomic E-state index is -0.608. The molecule has 1 atom stereocenters. The molecule has 2 N–H and O–H groups in total. The molecule has 8 nitrogen and oxygen atoms in total. The number of hydrogen-bond donors (Lipinski definition) is 2. The zero-order valence-electron chi connectivity index (χ0n) is 21.3. The van der Waals surface area contributed by atoms with E-state index in [-0.39, 0.29) is 18.1 Å². The number of nitrogens with zero attached hydrogens (tertiary/aromatic N) is 3. The van der Waals surface area contributed by atoms with Crippen molar-refractivity contribution in [3.63, 3.8) is 0 Å². The maximum atomic E-state index is 15.6. The Balaban J connectivity index is 0.000000983. The summed E-state index contributed by atoms with van der Waals surface area (Å²) in [7, 11) is 0. The summed E-state index contributed by atoms with van der Waals surface area (Å²) in [6, 6.07) is 19.9. The number of hydrogen-bond acceptors (Lipinski definition) is 6. The predicted octanol–water partition coefficient (Wildman–Crippen LogP) is 5.59. The van der Waals surface area contributed by atoms with Crippen LogP contribution < -0.4 is 10.2 Å². The molecule has 1 saturated heterocycles. The number of amides is 1. The molecule has 0 saturated carbocycles. The van der Waals surface area contributed by atoms with Crippen LogP contribution >= 0.6 is 0 Å². The van der Waals surface area contributed by atoms with Crippen LogP contribution in [0.5, 0.6) is 0 Å². The van der Waals surface area contributed by atoms with E-state index in [4.69, 9.17) is 14.4 Å². The third-order valence-corrected chi connectivity index (χ3v) is 6.91. The second-order valence-electron chi connectivity index (χ2n) is 9.31. The molecule has 0 bridgehead atoms. The molecule has 1 amide bonds. The van der Waals surface area contributed by atoms with Crippen LogP contribution in [0.4, 0.5) is 10.2 Å². The molecular weight excluding hydrogens is 499 g/mol. The Kier molecular flexibility index (Phi) is 7.60. The van der Waals surface area contributed by atoms with E-state index in [1.165, 1.54) is 12.1 Å². The van der Waals surface area contributed by atoms with E-state index in [2.05, 4.69) is 15.5 Å². The molecule has 5 aromatic rings. The zero-order chi connectivity index (χ0) is 27.4. The lowest BCUT2D eigenvalue weighted by atomic mass is 10.0. The lowest BCUT2D eigenvalue weighted by Crippen LogP contribution is -2.49. The monoisotopic (exact) mass is 526 g/mol. The Morgan fingerprint density at radius 2 is 1.97 bits per heavy atom. The van der Waals surface area contributed by atoms with Gasteiger partial charge in [-0.25, -0.2) is 9.37 Å². The summed E-state index contributed by atoms with van der Waals surface area (Å²) in [6.07, 6.45) is 3.45. The van der Waals surface area contributed by atoms with Gasteiger partial charge in [0.25, 0.3) is 12.4 Å². The van der Waals surface area contributed by atoms with Gasteiger partial charge >= 0.3 is 0 Å². The largest absolute Gasteiger partial charge is 0.483 e. The number of rotatable bonds is 4. The molecule has 6 rings (SSSR count). The summed E-state index contributed by atoms with van der Waals surface area (Å²) in [4.78, 5) is 28.7. The predicted molar refractivity (Wildman–Crippen MR) is 147 cm³/mol. The van der Waals surface area contributed by atoms with Crippen molar-refractivity contribution in [3.8, 4) is 11.3 Å². The normalized spacial score (nSPS) is 15.0. The van der Waals surface area contributed by atoms with Gasteiger partial charge in [-0.3, -0.25) is 14.5 Å². The second kappa shape index (κ2) is 11.4. The summed E-state index contributed by atoms with van der Waals surface area (Å²) in [5, 5.41) is 17.0. The molecule has 0 unspecified atom stereocenters. The Bertz CT molecular complexity index is 1640. The number of benzene rings is 3. The number of carbonyl (C=O) groups excluding carboxylic acids is 1. The fourth-order valence-electron chi connectivity index (χ4n) is 5.12. The van der Waals surface area contributed by atoms with E-state index < -0.39 is 11.7 Å². The molecule has 0 radical (unpaired) electrons. The number of aromatic nitrogens is 2. The van der Waals surface area contributed by atoms with Gasteiger partial charge in [-0.05, 0) is 67.6 Å². The van der Waals surface area contributed by atoms with E-state index in [1.807, 2.05) is 55.5 Å². The van der Waals surface area contributed by atoms with Crippen LogP contribution in [0.3, 0.4) is 0 Å². The highest BCUT2D eigenvalue weighted by molar-refractivity contribution is 6.11. The first-order chi connectivity index (χ1) is 19.0. The van der Waals surface area contributed by atoms with Crippen LogP contribution in [0.15, 0.2) is 77.4 Å². The van der Waals surface area contributed by atoms with Gasteiger partial charge < -0.3 is 14.9 Å². The van der Waals surface area contributed by atoms with Gasteiger partial charge in [0.15, 0.2) is 5.76 Å². The van der Waals surface area contributed by atoms with Crippen LogP contribution in [0.25, 0.3) is 33.0 Å². The summed E-state index contributed by atoms with van der Waals surface area (Å²) in [5.41, 5.74) is 2.25. The average molecular weight is 527 g/mol. The summed E-state index contributed by atoms with van der Waals surface area (Å²) in [5.74, 6) is 0.0272. The van der Waals surface area contributed by atoms with Gasteiger partial charge in [-0.15, -0.1) is 0 Å². The van der Waals surface area contributed by atoms with Crippen molar-refractivity contribution in [2.24, 2.45) is 0 Å². The molecule has 9 heteroatoms. The van der Waals surface area contributed by atoms with E-state index in [1.54, 1.807) is 17.2 Å². The van der Waals surface area contributed by atoms with Gasteiger partial charge in [0.2, 0.25) is 0 Å². The van der Waals surface area contributed by atoms with E-state index >= 15 is 4.39 Å². The number of carboxylic acid groups (broad SMARTS) is 1. The molecule has 1 aliphatic rings. The number of fused-ring (bicyclic) bond motifs is 2. The maximum absolute atomic E-state index is 15.6. The maximum Gasteiger partial charge on any atom is 0.290 e. The highest BCUT2D eigenvalue weighted by Crippen LogP contribution is 2.33. The van der Waals surface area contributed by atoms with Crippen LogP contribution in [-0.2, 0) is 4.79 Å². The minimum absolute atomic E-state index is 0.000492. The lowest BCUT2D eigenvalue weighted by Gasteiger charge is -2.35. The van der Waals surface area contributed by atoms with Crippen molar-refractivity contribution in [3.05, 3.63) is 89.9 Å². The SMILES string of the molecule is Cc1cccc2ccnc(N(C(=O)c3ccc(-c4onc5ccccc45)cc3F)[C@@H]3CCCNC3)c12.O=CO. The number of anilines is 1. The second-order valence-corrected chi connectivity index (χ2v) is 9.31. The first-order valence-electron chi connectivity index (χ1n) is 12.6. The Labute approximate surface area is 224 Å². The molecule has 39 heavy (non-hydrogen) atoms. The van der Waals surface area contributed by atoms with Gasteiger partial charge in [0.1, 0.15) is 17.2 Å². The van der Waals surface area contributed by atoms with Crippen molar-refractivity contribution >= 4 is 39.9 Å². The van der Waals surface area contributed by atoms with Crippen molar-refractivity contribution < 1.29 is 23.6 Å². The average Bonchev–Trinajstić information content (AvgIpc) is 3.39. The molecule has 198 valence electrons. The lowest BCUT2D eigenvalue weighted by molar-refractivity contribution is -0.122. The van der Waals surface area contributed by atoms with E-state index in [9.17, 15) is 4.79 Å². The third-order valence-electron chi connectivity index (χ3n) is 6.91. The van der Waals surface area contributed by atoms with Crippen LogP contribution in [-0.4, -0.2) is 46.8 Å². The first kappa shape index (κ1) is 26.0. The van der Waals surface area contributed by atoms with Gasteiger partial charge in [-0.2, -0.15) is 0 Å².